The minimum atomic E-state index is -3.26. The summed E-state index contributed by atoms with van der Waals surface area (Å²) in [6, 6.07) is 9.41. The van der Waals surface area contributed by atoms with Gasteiger partial charge in [0.15, 0.2) is 0 Å². The Labute approximate surface area is 509 Å². The predicted molar refractivity (Wildman–Crippen MR) is 330 cm³/mol. The number of aryl methyl sites for hydroxylation is 2. The fourth-order valence-corrected chi connectivity index (χ4v) is 13.6. The van der Waals surface area contributed by atoms with Gasteiger partial charge in [-0.3, -0.25) is 24.8 Å². The van der Waals surface area contributed by atoms with E-state index in [0.29, 0.717) is 43.9 Å². The maximum absolute atomic E-state index is 12.1. The first-order chi connectivity index (χ1) is 38.9. The number of carbonyl (C=O) groups excluding carboxylic acids is 2. The Morgan fingerprint density at radius 3 is 1.52 bits per heavy atom. The molecular formula is C54H72BBr2ClN12O10S3. The van der Waals surface area contributed by atoms with Gasteiger partial charge in [0.25, 0.3) is 0 Å². The van der Waals surface area contributed by atoms with E-state index >= 15 is 0 Å². The number of aromatic nitrogens is 5. The van der Waals surface area contributed by atoms with E-state index in [1.807, 2.05) is 64.4 Å². The van der Waals surface area contributed by atoms with Crippen LogP contribution in [0.3, 0.4) is 0 Å². The molecule has 5 aromatic rings. The molecule has 6 aliphatic rings. The summed E-state index contributed by atoms with van der Waals surface area (Å²) in [5, 5.41) is 3.44. The molecule has 11 heterocycles. The highest BCUT2D eigenvalue weighted by Gasteiger charge is 2.52. The van der Waals surface area contributed by atoms with Gasteiger partial charge in [-0.05, 0) is 182 Å². The molecule has 0 radical (unpaired) electrons. The third kappa shape index (κ3) is 17.7. The molecule has 0 aliphatic carbocycles. The van der Waals surface area contributed by atoms with Gasteiger partial charge in [0, 0.05) is 118 Å². The summed E-state index contributed by atoms with van der Waals surface area (Å²) in [5.41, 5.74) is 17.9. The first-order valence-electron chi connectivity index (χ1n) is 27.1. The molecule has 3 unspecified atom stereocenters. The van der Waals surface area contributed by atoms with Gasteiger partial charge in [-0.25, -0.2) is 44.8 Å². The first kappa shape index (κ1) is 65.8. The lowest BCUT2D eigenvalue weighted by Gasteiger charge is -2.32. The fourth-order valence-electron chi connectivity index (χ4n) is 10.6. The van der Waals surface area contributed by atoms with Crippen LogP contribution in [0, 0.1) is 0 Å². The van der Waals surface area contributed by atoms with Crippen molar-refractivity contribution < 1.29 is 44.2 Å². The first-order valence-corrected chi connectivity index (χ1v) is 35.1. The van der Waals surface area contributed by atoms with Gasteiger partial charge in [0.1, 0.15) is 11.6 Å². The Morgan fingerprint density at radius 2 is 1.05 bits per heavy atom. The minimum absolute atomic E-state index is 0.0556. The van der Waals surface area contributed by atoms with Crippen LogP contribution in [-0.4, -0.2) is 141 Å². The average Bonchev–Trinajstić information content (AvgIpc) is 4.34. The molecule has 83 heavy (non-hydrogen) atoms. The Bertz CT molecular complexity index is 3460. The van der Waals surface area contributed by atoms with E-state index in [1.165, 1.54) is 40.7 Å². The molecule has 450 valence electrons. The number of nitrogens with zero attached hydrogens (tertiary/aromatic N) is 9. The van der Waals surface area contributed by atoms with Crippen molar-refractivity contribution in [1.82, 2.24) is 38.8 Å². The zero-order valence-electron chi connectivity index (χ0n) is 47.5. The molecule has 0 bridgehead atoms. The second kappa shape index (κ2) is 27.7. The highest BCUT2D eigenvalue weighted by atomic mass is 79.9. The zero-order valence-corrected chi connectivity index (χ0v) is 53.9. The number of hydrogen-bond donors (Lipinski definition) is 3. The van der Waals surface area contributed by atoms with Crippen molar-refractivity contribution in [3.63, 3.8) is 0 Å². The summed E-state index contributed by atoms with van der Waals surface area (Å²) in [6.07, 6.45) is 26.9. The molecule has 0 spiro atoms. The number of halogens is 3. The van der Waals surface area contributed by atoms with Crippen molar-refractivity contribution in [3.8, 4) is 11.1 Å². The largest absolute Gasteiger partial charge is 0.496 e. The van der Waals surface area contributed by atoms with E-state index in [1.54, 1.807) is 45.8 Å². The Hall–Kier alpha value is -4.75. The van der Waals surface area contributed by atoms with E-state index < -0.39 is 48.3 Å². The second-order valence-electron chi connectivity index (χ2n) is 22.0. The predicted octanol–water partition coefficient (Wildman–Crippen LogP) is 7.68. The number of rotatable bonds is 7. The van der Waals surface area contributed by atoms with Gasteiger partial charge in [-0.1, -0.05) is 6.07 Å². The second-order valence-corrected chi connectivity index (χ2v) is 30.8. The summed E-state index contributed by atoms with van der Waals surface area (Å²) in [5.74, 6) is 1.27. The van der Waals surface area contributed by atoms with Crippen molar-refractivity contribution >= 4 is 108 Å². The number of primary amides is 2. The van der Waals surface area contributed by atoms with Gasteiger partial charge < -0.3 is 26.1 Å². The number of nitrogens with one attached hydrogen (secondary N) is 1. The van der Waals surface area contributed by atoms with E-state index in [4.69, 9.17) is 20.8 Å². The number of nitrogens with two attached hydrogens (primary N) is 2. The molecule has 4 amide bonds. The summed E-state index contributed by atoms with van der Waals surface area (Å²) in [7, 11) is -5.51. The Morgan fingerprint density at radius 1 is 0.602 bits per heavy atom. The summed E-state index contributed by atoms with van der Waals surface area (Å²) in [6.45, 7) is 11.6. The molecule has 3 atom stereocenters. The number of anilines is 2. The van der Waals surface area contributed by atoms with Crippen molar-refractivity contribution in [3.05, 3.63) is 117 Å². The van der Waals surface area contributed by atoms with Crippen LogP contribution in [0.15, 0.2) is 88.9 Å². The van der Waals surface area contributed by atoms with E-state index in [-0.39, 0.29) is 23.3 Å². The van der Waals surface area contributed by atoms with Gasteiger partial charge in [-0.15, -0.1) is 0 Å². The topological polar surface area (TPSA) is 296 Å². The van der Waals surface area contributed by atoms with Crippen LogP contribution in [0.5, 0.6) is 0 Å². The number of sulfonamides is 2. The highest BCUT2D eigenvalue weighted by molar-refractivity contribution is 9.10. The summed E-state index contributed by atoms with van der Waals surface area (Å²) < 4.78 is 83.3. The molecule has 0 aromatic carbocycles. The third-order valence-electron chi connectivity index (χ3n) is 15.2. The van der Waals surface area contributed by atoms with Crippen molar-refractivity contribution in [2.45, 2.75) is 121 Å². The number of hydrogen-bond acceptors (Lipinski definition) is 16. The van der Waals surface area contributed by atoms with Crippen LogP contribution < -0.4 is 32.0 Å². The lowest BCUT2D eigenvalue weighted by molar-refractivity contribution is 0.00578. The van der Waals surface area contributed by atoms with Crippen LogP contribution in [0.2, 0.25) is 0 Å². The van der Waals surface area contributed by atoms with Crippen LogP contribution in [0.25, 0.3) is 11.1 Å². The van der Waals surface area contributed by atoms with Crippen molar-refractivity contribution in [2.75, 3.05) is 61.3 Å². The van der Waals surface area contributed by atoms with Gasteiger partial charge in [0.05, 0.1) is 42.1 Å². The number of pyridine rings is 5. The van der Waals surface area contributed by atoms with Crippen LogP contribution in [0.4, 0.5) is 21.2 Å². The molecule has 0 saturated carbocycles. The quantitative estimate of drug-likeness (QED) is 0.104. The van der Waals surface area contributed by atoms with E-state index in [0.717, 1.165) is 112 Å². The molecular weight excluding hydrogens is 1280 g/mol. The fraction of sp³-hybridized carbons (Fsp3) is 0.500. The molecule has 4 fully saturated rings. The lowest BCUT2D eigenvalue weighted by atomic mass is 9.79. The highest BCUT2D eigenvalue weighted by Crippen LogP contribution is 2.39. The number of fused-ring (bicyclic) bond motifs is 2. The summed E-state index contributed by atoms with van der Waals surface area (Å²) >= 11 is 6.77. The monoisotopic (exact) mass is 1350 g/mol. The standard InChI is InChI=1S/C19H23N5O3S.C15H22BN3O3.C10H13BrN2O2S.C9H11BrN2.CH3ClO2S/c1-28(26,27)24-7-3-5-17(24)16-9-14(10-21-11-16)15-8-13-4-2-6-23(19(20)25)18(13)22-12-15;1-14(2)15(3,4)22-16(21-14)11-8-10-6-5-7-19(13(17)20)12(10)18-9-11;1-16(14,15)13-4-2-3-10(13)8-5-9(11)7-12-6-8;10-8-4-7(5-11-6-8)9-2-1-3-12-9;1-5(2,3)4/h8-12,17H,2-7H2,1H3,(H2,20,25);8-9H,5-7H2,1-4H3,(H2,17,20);5-7,10H,2-4H2,1H3;4-6,9,12H,1-3H2;1H3. The maximum atomic E-state index is 12.1. The smallest absolute Gasteiger partial charge is 0.399 e. The number of urea groups is 2. The average molecular weight is 1350 g/mol. The van der Waals surface area contributed by atoms with E-state index in [2.05, 4.69) is 78.8 Å². The summed E-state index contributed by atoms with van der Waals surface area (Å²) in [4.78, 5) is 47.6. The normalized spacial score (nSPS) is 21.1. The van der Waals surface area contributed by atoms with Crippen LogP contribution >= 0.6 is 42.5 Å². The molecule has 4 saturated heterocycles. The Balaban J connectivity index is 0.000000161. The van der Waals surface area contributed by atoms with Gasteiger partial charge >= 0.3 is 19.2 Å². The van der Waals surface area contributed by atoms with Crippen molar-refractivity contribution in [1.29, 1.82) is 0 Å². The molecule has 11 rings (SSSR count). The lowest BCUT2D eigenvalue weighted by Crippen LogP contribution is -2.41. The number of amides is 4. The third-order valence-corrected chi connectivity index (χ3v) is 18.6. The number of carbonyl (C=O) groups is 2. The SMILES string of the molecule is Brc1cncc(C2CCCN2)c1.CC1(C)OB(c2cnc3c(c2)CCCN3C(N)=O)OC1(C)C.CS(=O)(=O)Cl.CS(=O)(=O)N1CCCC1c1cncc(-c2cnc3c(c2)CCCN3C(N)=O)c1.CS(=O)(=O)N1CCCC1c1cncc(Br)c1. The van der Waals surface area contributed by atoms with Crippen LogP contribution in [0.1, 0.15) is 125 Å². The van der Waals surface area contributed by atoms with E-state index in [9.17, 15) is 34.8 Å². The van der Waals surface area contributed by atoms with Crippen molar-refractivity contribution in [2.24, 2.45) is 11.5 Å². The van der Waals surface area contributed by atoms with Crippen LogP contribution in [-0.2, 0) is 51.2 Å². The molecule has 29 heteroatoms. The minimum Gasteiger partial charge on any atom is -0.399 e. The van der Waals surface area contributed by atoms with Gasteiger partial charge in [0.2, 0.25) is 29.1 Å². The maximum Gasteiger partial charge on any atom is 0.496 e. The molecule has 5 aromatic heterocycles. The molecule has 22 nitrogen and oxygen atoms in total. The van der Waals surface area contributed by atoms with Gasteiger partial charge in [-0.2, -0.15) is 8.61 Å². The Kier molecular flexibility index (Phi) is 22.0. The molecule has 5 N–H and O–H groups in total. The zero-order chi connectivity index (χ0) is 60.7. The molecule has 6 aliphatic heterocycles.